The standard InChI is InChI=1S/C24H28F3N3O3S/c25-24(26,27)20-10-4-5-11-21(20)29-17-15-28(16-18-29)13-7-1-2-8-14-30-23(31)19-9-3-6-12-22(19)34(30,32)33/h3-6,9-12H,1-2,7-8,13-18H2. The lowest BCUT2D eigenvalue weighted by Gasteiger charge is -2.37. The fourth-order valence-electron chi connectivity index (χ4n) is 4.60. The molecule has 0 aromatic heterocycles. The first kappa shape index (κ1) is 24.5. The van der Waals surface area contributed by atoms with Gasteiger partial charge < -0.3 is 4.90 Å². The third-order valence-electron chi connectivity index (χ3n) is 6.42. The van der Waals surface area contributed by atoms with Crippen LogP contribution in [0, 0.1) is 0 Å². The van der Waals surface area contributed by atoms with Crippen LogP contribution in [-0.2, 0) is 16.2 Å². The van der Waals surface area contributed by atoms with Crippen LogP contribution in [0.3, 0.4) is 0 Å². The van der Waals surface area contributed by atoms with Crippen molar-refractivity contribution in [1.82, 2.24) is 9.21 Å². The van der Waals surface area contributed by atoms with Gasteiger partial charge in [0.15, 0.2) is 0 Å². The average molecular weight is 496 g/mol. The van der Waals surface area contributed by atoms with Gasteiger partial charge in [-0.1, -0.05) is 37.1 Å². The number of sulfonamides is 1. The molecule has 2 heterocycles. The molecular weight excluding hydrogens is 467 g/mol. The highest BCUT2D eigenvalue weighted by Crippen LogP contribution is 2.36. The van der Waals surface area contributed by atoms with Crippen LogP contribution in [0.15, 0.2) is 53.4 Å². The number of amides is 1. The van der Waals surface area contributed by atoms with Gasteiger partial charge in [0.1, 0.15) is 4.90 Å². The Labute approximate surface area is 198 Å². The minimum absolute atomic E-state index is 0.0806. The summed E-state index contributed by atoms with van der Waals surface area (Å²) in [4.78, 5) is 16.5. The molecule has 0 radical (unpaired) electrons. The molecule has 1 fully saturated rings. The van der Waals surface area contributed by atoms with E-state index in [-0.39, 0.29) is 22.7 Å². The Morgan fingerprint density at radius 1 is 0.794 bits per heavy atom. The van der Waals surface area contributed by atoms with E-state index in [0.717, 1.165) is 36.2 Å². The van der Waals surface area contributed by atoms with Gasteiger partial charge in [-0.25, -0.2) is 12.7 Å². The highest BCUT2D eigenvalue weighted by molar-refractivity contribution is 7.90. The molecule has 2 aromatic rings. The first-order valence-electron chi connectivity index (χ1n) is 11.5. The number of hydrogen-bond acceptors (Lipinski definition) is 5. The van der Waals surface area contributed by atoms with Crippen LogP contribution >= 0.6 is 0 Å². The van der Waals surface area contributed by atoms with Crippen molar-refractivity contribution in [2.75, 3.05) is 44.2 Å². The lowest BCUT2D eigenvalue weighted by molar-refractivity contribution is -0.137. The molecule has 1 amide bonds. The summed E-state index contributed by atoms with van der Waals surface area (Å²) in [6, 6.07) is 12.0. The molecule has 2 aromatic carbocycles. The number of piperazine rings is 1. The predicted molar refractivity (Wildman–Crippen MR) is 123 cm³/mol. The number of para-hydroxylation sites is 1. The normalized spacial score (nSPS) is 18.4. The van der Waals surface area contributed by atoms with Gasteiger partial charge >= 0.3 is 6.18 Å². The van der Waals surface area contributed by atoms with Crippen LogP contribution in [0.1, 0.15) is 41.6 Å². The monoisotopic (exact) mass is 495 g/mol. The number of halogens is 3. The largest absolute Gasteiger partial charge is 0.418 e. The zero-order valence-electron chi connectivity index (χ0n) is 18.8. The fraction of sp³-hybridized carbons (Fsp3) is 0.458. The summed E-state index contributed by atoms with van der Waals surface area (Å²) in [5, 5.41) is 0. The lowest BCUT2D eigenvalue weighted by Crippen LogP contribution is -2.47. The Bertz CT molecular complexity index is 1130. The molecule has 0 saturated carbocycles. The second-order valence-corrected chi connectivity index (χ2v) is 10.5. The quantitative estimate of drug-likeness (QED) is 0.513. The van der Waals surface area contributed by atoms with E-state index >= 15 is 0 Å². The van der Waals surface area contributed by atoms with E-state index in [0.29, 0.717) is 32.6 Å². The number of hydrogen-bond donors (Lipinski definition) is 0. The van der Waals surface area contributed by atoms with Crippen molar-refractivity contribution in [1.29, 1.82) is 0 Å². The van der Waals surface area contributed by atoms with Crippen molar-refractivity contribution in [3.8, 4) is 0 Å². The Kier molecular flexibility index (Phi) is 7.18. The summed E-state index contributed by atoms with van der Waals surface area (Å²) in [6.07, 6.45) is -1.16. The van der Waals surface area contributed by atoms with E-state index in [4.69, 9.17) is 0 Å². The second-order valence-electron chi connectivity index (χ2n) is 8.64. The predicted octanol–water partition coefficient (Wildman–Crippen LogP) is 4.23. The number of carbonyl (C=O) groups excluding carboxylic acids is 1. The zero-order chi connectivity index (χ0) is 24.3. The Morgan fingerprint density at radius 2 is 1.41 bits per heavy atom. The first-order chi connectivity index (χ1) is 16.2. The van der Waals surface area contributed by atoms with Gasteiger partial charge in [0, 0.05) is 38.4 Å². The van der Waals surface area contributed by atoms with Crippen molar-refractivity contribution in [2.45, 2.75) is 36.8 Å². The molecule has 1 saturated heterocycles. The van der Waals surface area contributed by atoms with Crippen LogP contribution < -0.4 is 4.90 Å². The van der Waals surface area contributed by atoms with Crippen LogP contribution in [0.5, 0.6) is 0 Å². The topological polar surface area (TPSA) is 60.9 Å². The number of carbonyl (C=O) groups is 1. The SMILES string of the molecule is O=C1c2ccccc2S(=O)(=O)N1CCCCCCN1CCN(c2ccccc2C(F)(F)F)CC1. The average Bonchev–Trinajstić information content (AvgIpc) is 3.01. The summed E-state index contributed by atoms with van der Waals surface area (Å²) in [7, 11) is -3.75. The zero-order valence-corrected chi connectivity index (χ0v) is 19.6. The molecule has 0 spiro atoms. The fourth-order valence-corrected chi connectivity index (χ4v) is 6.21. The summed E-state index contributed by atoms with van der Waals surface area (Å²) in [6.45, 7) is 3.51. The number of unbranched alkanes of at least 4 members (excludes halogenated alkanes) is 3. The van der Waals surface area contributed by atoms with E-state index in [1.54, 1.807) is 23.1 Å². The number of rotatable bonds is 8. The van der Waals surface area contributed by atoms with E-state index < -0.39 is 27.7 Å². The Morgan fingerprint density at radius 3 is 2.09 bits per heavy atom. The first-order valence-corrected chi connectivity index (χ1v) is 12.9. The summed E-state index contributed by atoms with van der Waals surface area (Å²) < 4.78 is 65.9. The van der Waals surface area contributed by atoms with E-state index in [1.807, 2.05) is 0 Å². The molecule has 0 bridgehead atoms. The molecule has 0 unspecified atom stereocenters. The van der Waals surface area contributed by atoms with Gasteiger partial charge in [-0.15, -0.1) is 0 Å². The van der Waals surface area contributed by atoms with Gasteiger partial charge in [0.25, 0.3) is 15.9 Å². The number of alkyl halides is 3. The highest BCUT2D eigenvalue weighted by atomic mass is 32.2. The number of fused-ring (bicyclic) bond motifs is 1. The minimum Gasteiger partial charge on any atom is -0.368 e. The maximum atomic E-state index is 13.3. The van der Waals surface area contributed by atoms with Crippen LogP contribution in [0.25, 0.3) is 0 Å². The summed E-state index contributed by atoms with van der Waals surface area (Å²) in [5.41, 5.74) is -0.118. The van der Waals surface area contributed by atoms with Gasteiger partial charge in [0.2, 0.25) is 0 Å². The van der Waals surface area contributed by atoms with Crippen LogP contribution in [-0.4, -0.2) is 62.8 Å². The number of nitrogens with zero attached hydrogens (tertiary/aromatic N) is 3. The lowest BCUT2D eigenvalue weighted by atomic mass is 10.1. The summed E-state index contributed by atoms with van der Waals surface area (Å²) >= 11 is 0. The molecule has 0 atom stereocenters. The van der Waals surface area contributed by atoms with E-state index in [1.165, 1.54) is 24.3 Å². The molecule has 34 heavy (non-hydrogen) atoms. The summed E-state index contributed by atoms with van der Waals surface area (Å²) in [5.74, 6) is -0.458. The third kappa shape index (κ3) is 5.07. The van der Waals surface area contributed by atoms with Crippen molar-refractivity contribution < 1.29 is 26.4 Å². The molecule has 0 N–H and O–H groups in total. The van der Waals surface area contributed by atoms with Crippen LogP contribution in [0.4, 0.5) is 18.9 Å². The number of benzene rings is 2. The minimum atomic E-state index is -4.37. The Balaban J connectivity index is 1.17. The number of anilines is 1. The smallest absolute Gasteiger partial charge is 0.368 e. The van der Waals surface area contributed by atoms with E-state index in [9.17, 15) is 26.4 Å². The van der Waals surface area contributed by atoms with Crippen molar-refractivity contribution in [3.63, 3.8) is 0 Å². The molecular formula is C24H28F3N3O3S. The molecule has 6 nitrogen and oxygen atoms in total. The van der Waals surface area contributed by atoms with Crippen molar-refractivity contribution in [3.05, 3.63) is 59.7 Å². The van der Waals surface area contributed by atoms with Gasteiger partial charge in [-0.3, -0.25) is 9.69 Å². The molecule has 184 valence electrons. The van der Waals surface area contributed by atoms with Crippen molar-refractivity contribution in [2.24, 2.45) is 0 Å². The van der Waals surface area contributed by atoms with Gasteiger partial charge in [-0.2, -0.15) is 13.2 Å². The van der Waals surface area contributed by atoms with E-state index in [2.05, 4.69) is 4.90 Å². The van der Waals surface area contributed by atoms with Gasteiger partial charge in [0.05, 0.1) is 11.1 Å². The Hall–Kier alpha value is -2.59. The molecule has 10 heteroatoms. The molecule has 2 aliphatic heterocycles. The highest BCUT2D eigenvalue weighted by Gasteiger charge is 2.40. The van der Waals surface area contributed by atoms with Crippen LogP contribution in [0.2, 0.25) is 0 Å². The molecule has 2 aliphatic rings. The van der Waals surface area contributed by atoms with Crippen molar-refractivity contribution >= 4 is 21.6 Å². The maximum absolute atomic E-state index is 13.3. The second kappa shape index (κ2) is 9.95. The molecule has 4 rings (SSSR count). The molecule has 0 aliphatic carbocycles. The third-order valence-corrected chi connectivity index (χ3v) is 8.26. The maximum Gasteiger partial charge on any atom is 0.418 e. The van der Waals surface area contributed by atoms with Gasteiger partial charge in [-0.05, 0) is 43.7 Å².